The van der Waals surface area contributed by atoms with Crippen LogP contribution in [-0.4, -0.2) is 34.2 Å². The molecule has 0 aliphatic rings. The molecule has 0 aliphatic heterocycles. The number of carbonyl (C=O) groups excluding carboxylic acids is 1. The summed E-state index contributed by atoms with van der Waals surface area (Å²) in [4.78, 5) is 33.0. The van der Waals surface area contributed by atoms with Gasteiger partial charge in [0.15, 0.2) is 0 Å². The van der Waals surface area contributed by atoms with Gasteiger partial charge in [-0.2, -0.15) is 0 Å². The first kappa shape index (κ1) is 17.0. The zero-order valence-electron chi connectivity index (χ0n) is 11.0. The maximum atomic E-state index is 11.6. The number of nitrogens with one attached hydrogen (secondary N) is 2. The molecule has 0 aliphatic carbocycles. The van der Waals surface area contributed by atoms with Gasteiger partial charge in [0.25, 0.3) is 0 Å². The number of urea groups is 1. The number of rotatable bonds is 7. The Morgan fingerprint density at radius 1 is 1.19 bits per heavy atom. The predicted octanol–water partition coefficient (Wildman–Crippen LogP) is 1.57. The predicted molar refractivity (Wildman–Crippen MR) is 77.8 cm³/mol. The van der Waals surface area contributed by atoms with Crippen LogP contribution in [0.3, 0.4) is 0 Å². The first-order valence-electron chi connectivity index (χ1n) is 6.12. The lowest BCUT2D eigenvalue weighted by atomic mass is 10.1. The van der Waals surface area contributed by atoms with E-state index >= 15 is 0 Å². The van der Waals surface area contributed by atoms with Gasteiger partial charge in [0.2, 0.25) is 0 Å². The Labute approximate surface area is 129 Å². The summed E-state index contributed by atoms with van der Waals surface area (Å²) in [5.74, 6) is -2.39. The van der Waals surface area contributed by atoms with E-state index in [1.54, 1.807) is 0 Å². The molecule has 2 amide bonds. The van der Waals surface area contributed by atoms with E-state index in [1.165, 1.54) is 0 Å². The van der Waals surface area contributed by atoms with Crippen LogP contribution in [0.5, 0.6) is 0 Å². The number of hydrogen-bond donors (Lipinski definition) is 4. The maximum absolute atomic E-state index is 11.6. The van der Waals surface area contributed by atoms with Crippen LogP contribution in [0.1, 0.15) is 18.4 Å². The highest BCUT2D eigenvalue weighted by Gasteiger charge is 2.20. The molecule has 0 fully saturated rings. The van der Waals surface area contributed by atoms with Gasteiger partial charge in [-0.25, -0.2) is 9.59 Å². The number of carbonyl (C=O) groups is 3. The zero-order chi connectivity index (χ0) is 15.8. The minimum absolute atomic E-state index is 0.173. The van der Waals surface area contributed by atoms with E-state index in [9.17, 15) is 14.4 Å². The number of halogens is 1. The van der Waals surface area contributed by atoms with Gasteiger partial charge < -0.3 is 20.8 Å². The van der Waals surface area contributed by atoms with Crippen molar-refractivity contribution in [2.24, 2.45) is 0 Å². The van der Waals surface area contributed by atoms with Gasteiger partial charge in [-0.1, -0.05) is 34.1 Å². The average Bonchev–Trinajstić information content (AvgIpc) is 2.42. The highest BCUT2D eigenvalue weighted by atomic mass is 79.9. The summed E-state index contributed by atoms with van der Waals surface area (Å²) >= 11 is 3.33. The van der Waals surface area contributed by atoms with Crippen LogP contribution in [0, 0.1) is 0 Å². The van der Waals surface area contributed by atoms with Gasteiger partial charge in [0.05, 0.1) is 0 Å². The van der Waals surface area contributed by atoms with E-state index in [0.717, 1.165) is 10.0 Å². The second-order valence-corrected chi connectivity index (χ2v) is 5.10. The summed E-state index contributed by atoms with van der Waals surface area (Å²) in [5, 5.41) is 22.2. The van der Waals surface area contributed by atoms with Crippen molar-refractivity contribution in [1.29, 1.82) is 0 Å². The minimum Gasteiger partial charge on any atom is -0.481 e. The summed E-state index contributed by atoms with van der Waals surface area (Å²) in [6.45, 7) is 0.221. The summed E-state index contributed by atoms with van der Waals surface area (Å²) in [6.07, 6.45) is -0.505. The Balaban J connectivity index is 2.49. The monoisotopic (exact) mass is 358 g/mol. The standard InChI is InChI=1S/C13H15BrN2O5/c14-9-4-2-1-3-8(9)7-15-13(21)16-10(12(19)20)5-6-11(17)18/h1-4,10H,5-7H2,(H,17,18)(H,19,20)(H2,15,16,21). The van der Waals surface area contributed by atoms with E-state index in [0.29, 0.717) is 0 Å². The molecule has 0 spiro atoms. The molecular formula is C13H15BrN2O5. The fourth-order valence-electron chi connectivity index (χ4n) is 1.55. The fourth-order valence-corrected chi connectivity index (χ4v) is 1.98. The molecule has 8 heteroatoms. The van der Waals surface area contributed by atoms with Crippen molar-refractivity contribution in [3.63, 3.8) is 0 Å². The van der Waals surface area contributed by atoms with E-state index in [-0.39, 0.29) is 19.4 Å². The lowest BCUT2D eigenvalue weighted by Crippen LogP contribution is -2.46. The van der Waals surface area contributed by atoms with Crippen LogP contribution in [0.25, 0.3) is 0 Å². The van der Waals surface area contributed by atoms with E-state index in [2.05, 4.69) is 26.6 Å². The van der Waals surface area contributed by atoms with Crippen molar-refractivity contribution in [2.45, 2.75) is 25.4 Å². The van der Waals surface area contributed by atoms with Crippen molar-refractivity contribution in [3.05, 3.63) is 34.3 Å². The Bertz CT molecular complexity index is 535. The van der Waals surface area contributed by atoms with E-state index in [1.807, 2.05) is 24.3 Å². The molecule has 21 heavy (non-hydrogen) atoms. The lowest BCUT2D eigenvalue weighted by molar-refractivity contribution is -0.140. The minimum atomic E-state index is -1.27. The zero-order valence-corrected chi connectivity index (χ0v) is 12.6. The third-order valence-electron chi connectivity index (χ3n) is 2.65. The second-order valence-electron chi connectivity index (χ2n) is 4.24. The normalized spacial score (nSPS) is 11.5. The third kappa shape index (κ3) is 6.26. The van der Waals surface area contributed by atoms with Crippen molar-refractivity contribution >= 4 is 33.9 Å². The van der Waals surface area contributed by atoms with Gasteiger partial charge in [0.1, 0.15) is 6.04 Å². The van der Waals surface area contributed by atoms with E-state index < -0.39 is 24.0 Å². The molecule has 0 saturated carbocycles. The topological polar surface area (TPSA) is 116 Å². The summed E-state index contributed by atoms with van der Waals surface area (Å²) in [5.41, 5.74) is 0.838. The Morgan fingerprint density at radius 3 is 2.43 bits per heavy atom. The van der Waals surface area contributed by atoms with Gasteiger partial charge in [-0.05, 0) is 18.1 Å². The fraction of sp³-hybridized carbons (Fsp3) is 0.308. The highest BCUT2D eigenvalue weighted by Crippen LogP contribution is 2.15. The van der Waals surface area contributed by atoms with Gasteiger partial charge >= 0.3 is 18.0 Å². The lowest BCUT2D eigenvalue weighted by Gasteiger charge is -2.14. The molecule has 7 nitrogen and oxygen atoms in total. The third-order valence-corrected chi connectivity index (χ3v) is 3.42. The van der Waals surface area contributed by atoms with Crippen LogP contribution in [0.15, 0.2) is 28.7 Å². The number of amides is 2. The van der Waals surface area contributed by atoms with Crippen molar-refractivity contribution in [2.75, 3.05) is 0 Å². The summed E-state index contributed by atoms with van der Waals surface area (Å²) < 4.78 is 0.825. The number of hydrogen-bond acceptors (Lipinski definition) is 3. The molecule has 0 aromatic heterocycles. The van der Waals surface area contributed by atoms with Crippen LogP contribution in [0.4, 0.5) is 4.79 Å². The molecule has 0 radical (unpaired) electrons. The Hall–Kier alpha value is -2.09. The van der Waals surface area contributed by atoms with Gasteiger partial charge in [0, 0.05) is 17.4 Å². The average molecular weight is 359 g/mol. The quantitative estimate of drug-likeness (QED) is 0.590. The molecule has 0 saturated heterocycles. The largest absolute Gasteiger partial charge is 0.481 e. The second kappa shape index (κ2) is 8.25. The highest BCUT2D eigenvalue weighted by molar-refractivity contribution is 9.10. The molecule has 1 aromatic carbocycles. The first-order valence-corrected chi connectivity index (χ1v) is 6.92. The number of benzene rings is 1. The summed E-state index contributed by atoms with van der Waals surface area (Å²) in [6, 6.07) is 5.38. The molecule has 4 N–H and O–H groups in total. The molecular weight excluding hydrogens is 344 g/mol. The molecule has 1 atom stereocenters. The molecule has 0 bridgehead atoms. The molecule has 0 heterocycles. The van der Waals surface area contributed by atoms with Crippen LogP contribution in [0.2, 0.25) is 0 Å². The smallest absolute Gasteiger partial charge is 0.326 e. The maximum Gasteiger partial charge on any atom is 0.326 e. The molecule has 1 rings (SSSR count). The van der Waals surface area contributed by atoms with Crippen LogP contribution >= 0.6 is 15.9 Å². The SMILES string of the molecule is O=C(O)CCC(NC(=O)NCc1ccccc1Br)C(=O)O. The van der Waals surface area contributed by atoms with E-state index in [4.69, 9.17) is 10.2 Å². The number of aliphatic carboxylic acids is 2. The van der Waals surface area contributed by atoms with Gasteiger partial charge in [-0.15, -0.1) is 0 Å². The molecule has 1 unspecified atom stereocenters. The number of carboxylic acids is 2. The van der Waals surface area contributed by atoms with Crippen LogP contribution < -0.4 is 10.6 Å². The van der Waals surface area contributed by atoms with Gasteiger partial charge in [-0.3, -0.25) is 4.79 Å². The Kier molecular flexibility index (Phi) is 6.67. The first-order chi connectivity index (χ1) is 9.90. The molecule has 114 valence electrons. The number of carboxylic acid groups (broad SMARTS) is 2. The van der Waals surface area contributed by atoms with Crippen molar-refractivity contribution in [1.82, 2.24) is 10.6 Å². The Morgan fingerprint density at radius 2 is 1.86 bits per heavy atom. The summed E-state index contributed by atoms with van der Waals surface area (Å²) in [7, 11) is 0. The molecule has 1 aromatic rings. The van der Waals surface area contributed by atoms with Crippen molar-refractivity contribution in [3.8, 4) is 0 Å². The van der Waals surface area contributed by atoms with Crippen molar-refractivity contribution < 1.29 is 24.6 Å². The van der Waals surface area contributed by atoms with Crippen LogP contribution in [-0.2, 0) is 16.1 Å².